The molecule has 5 heteroatoms. The fraction of sp³-hybridized carbons (Fsp3) is 0.619. The zero-order chi connectivity index (χ0) is 18.6. The molecule has 0 bridgehead atoms. The first-order valence-corrected chi connectivity index (χ1v) is 9.85. The van der Waals surface area contributed by atoms with Crippen LogP contribution in [-0.2, 0) is 16.0 Å². The first kappa shape index (κ1) is 18.9. The maximum absolute atomic E-state index is 12.6. The monoisotopic (exact) mass is 357 g/mol. The van der Waals surface area contributed by atoms with Crippen LogP contribution >= 0.6 is 0 Å². The molecule has 1 unspecified atom stereocenters. The first-order chi connectivity index (χ1) is 12.5. The van der Waals surface area contributed by atoms with Gasteiger partial charge >= 0.3 is 0 Å². The van der Waals surface area contributed by atoms with E-state index in [1.807, 2.05) is 23.1 Å². The van der Waals surface area contributed by atoms with Gasteiger partial charge < -0.3 is 16.0 Å². The fourth-order valence-corrected chi connectivity index (χ4v) is 3.87. The number of carbonyl (C=O) groups excluding carboxylic acids is 2. The average Bonchev–Trinajstić information content (AvgIpc) is 3.52. The van der Waals surface area contributed by atoms with Crippen molar-refractivity contribution in [3.63, 3.8) is 0 Å². The molecule has 2 amide bonds. The van der Waals surface area contributed by atoms with E-state index in [4.69, 9.17) is 5.73 Å². The van der Waals surface area contributed by atoms with Crippen molar-refractivity contribution in [2.75, 3.05) is 19.6 Å². The number of amides is 2. The van der Waals surface area contributed by atoms with Gasteiger partial charge in [0, 0.05) is 32.0 Å². The summed E-state index contributed by atoms with van der Waals surface area (Å²) in [5.41, 5.74) is 6.83. The number of benzene rings is 1. The molecule has 1 aliphatic carbocycles. The van der Waals surface area contributed by atoms with Gasteiger partial charge in [0.2, 0.25) is 11.8 Å². The highest BCUT2D eigenvalue weighted by atomic mass is 16.2. The highest BCUT2D eigenvalue weighted by molar-refractivity contribution is 5.81. The molecule has 2 aliphatic rings. The van der Waals surface area contributed by atoms with Crippen LogP contribution in [0.3, 0.4) is 0 Å². The van der Waals surface area contributed by atoms with Gasteiger partial charge in [0.25, 0.3) is 0 Å². The standard InChI is InChI=1S/C21H31N3O2/c1-21(15-22,18-8-9-18)23-20(26)17-11-13-24(14-12-17)19(25)10-7-16-5-3-2-4-6-16/h2-6,17-18H,7-15,22H2,1H3,(H,23,26). The van der Waals surface area contributed by atoms with Crippen LogP contribution in [0.4, 0.5) is 0 Å². The van der Waals surface area contributed by atoms with E-state index in [0.29, 0.717) is 32.0 Å². The Morgan fingerprint density at radius 1 is 1.15 bits per heavy atom. The van der Waals surface area contributed by atoms with E-state index in [1.165, 1.54) is 5.56 Å². The number of rotatable bonds is 7. The van der Waals surface area contributed by atoms with Crippen molar-refractivity contribution >= 4 is 11.8 Å². The van der Waals surface area contributed by atoms with Crippen LogP contribution < -0.4 is 11.1 Å². The maximum atomic E-state index is 12.6. The number of piperidine rings is 1. The summed E-state index contributed by atoms with van der Waals surface area (Å²) < 4.78 is 0. The van der Waals surface area contributed by atoms with Crippen LogP contribution in [-0.4, -0.2) is 41.9 Å². The Kier molecular flexibility index (Phi) is 5.97. The molecule has 1 saturated carbocycles. The normalized spacial score (nSPS) is 20.5. The number of nitrogens with one attached hydrogen (secondary N) is 1. The van der Waals surface area contributed by atoms with E-state index in [9.17, 15) is 9.59 Å². The van der Waals surface area contributed by atoms with Crippen LogP contribution in [0.1, 0.15) is 44.6 Å². The molecule has 1 atom stereocenters. The first-order valence-electron chi connectivity index (χ1n) is 9.85. The Hall–Kier alpha value is -1.88. The third-order valence-corrected chi connectivity index (χ3v) is 6.00. The molecular formula is C21H31N3O2. The second-order valence-corrected chi connectivity index (χ2v) is 8.03. The molecule has 3 N–H and O–H groups in total. The number of hydrogen-bond donors (Lipinski definition) is 2. The van der Waals surface area contributed by atoms with Gasteiger partial charge in [0.05, 0.1) is 5.54 Å². The molecule has 2 fully saturated rings. The third kappa shape index (κ3) is 4.64. The lowest BCUT2D eigenvalue weighted by Crippen LogP contribution is -2.55. The van der Waals surface area contributed by atoms with Crippen molar-refractivity contribution in [3.05, 3.63) is 35.9 Å². The van der Waals surface area contributed by atoms with Gasteiger partial charge in [-0.1, -0.05) is 30.3 Å². The summed E-state index contributed by atoms with van der Waals surface area (Å²) in [4.78, 5) is 27.0. The van der Waals surface area contributed by atoms with Crippen LogP contribution in [0.5, 0.6) is 0 Å². The summed E-state index contributed by atoms with van der Waals surface area (Å²) >= 11 is 0. The molecule has 0 aromatic heterocycles. The Labute approximate surface area is 156 Å². The number of aryl methyl sites for hydroxylation is 1. The molecule has 142 valence electrons. The minimum Gasteiger partial charge on any atom is -0.349 e. The maximum Gasteiger partial charge on any atom is 0.223 e. The second-order valence-electron chi connectivity index (χ2n) is 8.03. The Morgan fingerprint density at radius 3 is 2.38 bits per heavy atom. The van der Waals surface area contributed by atoms with Gasteiger partial charge in [-0.05, 0) is 50.5 Å². The van der Waals surface area contributed by atoms with Gasteiger partial charge in [0.1, 0.15) is 0 Å². The lowest BCUT2D eigenvalue weighted by atomic mass is 9.91. The van der Waals surface area contributed by atoms with Crippen LogP contribution in [0.15, 0.2) is 30.3 Å². The number of likely N-dealkylation sites (tertiary alicyclic amines) is 1. The average molecular weight is 357 g/mol. The molecule has 26 heavy (non-hydrogen) atoms. The predicted molar refractivity (Wildman–Crippen MR) is 102 cm³/mol. The van der Waals surface area contributed by atoms with Gasteiger partial charge in [-0.3, -0.25) is 9.59 Å². The summed E-state index contributed by atoms with van der Waals surface area (Å²) in [5.74, 6) is 0.827. The minimum absolute atomic E-state index is 0.00204. The van der Waals surface area contributed by atoms with Gasteiger partial charge in [0.15, 0.2) is 0 Å². The lowest BCUT2D eigenvalue weighted by molar-refractivity contribution is -0.136. The van der Waals surface area contributed by atoms with Crippen molar-refractivity contribution in [2.45, 2.75) is 51.0 Å². The van der Waals surface area contributed by atoms with E-state index in [1.54, 1.807) is 0 Å². The van der Waals surface area contributed by atoms with Crippen molar-refractivity contribution < 1.29 is 9.59 Å². The summed E-state index contributed by atoms with van der Waals surface area (Å²) in [5, 5.41) is 3.20. The quantitative estimate of drug-likeness (QED) is 0.785. The van der Waals surface area contributed by atoms with Gasteiger partial charge in [-0.2, -0.15) is 0 Å². The summed E-state index contributed by atoms with van der Waals surface area (Å²) in [6.07, 6.45) is 5.11. The molecule has 0 radical (unpaired) electrons. The van der Waals surface area contributed by atoms with E-state index in [0.717, 1.165) is 32.1 Å². The lowest BCUT2D eigenvalue weighted by Gasteiger charge is -2.35. The zero-order valence-corrected chi connectivity index (χ0v) is 15.7. The number of hydrogen-bond acceptors (Lipinski definition) is 3. The van der Waals surface area contributed by atoms with Crippen molar-refractivity contribution in [1.82, 2.24) is 10.2 Å². The van der Waals surface area contributed by atoms with Crippen molar-refractivity contribution in [3.8, 4) is 0 Å². The highest BCUT2D eigenvalue weighted by Gasteiger charge is 2.42. The third-order valence-electron chi connectivity index (χ3n) is 6.00. The minimum atomic E-state index is -0.264. The molecule has 0 spiro atoms. The Balaban J connectivity index is 1.43. The van der Waals surface area contributed by atoms with Gasteiger partial charge in [-0.25, -0.2) is 0 Å². The summed E-state index contributed by atoms with van der Waals surface area (Å²) in [6, 6.07) is 10.1. The van der Waals surface area contributed by atoms with E-state index in [2.05, 4.69) is 24.4 Å². The second kappa shape index (κ2) is 8.21. The molecule has 5 nitrogen and oxygen atoms in total. The summed E-state index contributed by atoms with van der Waals surface area (Å²) in [7, 11) is 0. The highest BCUT2D eigenvalue weighted by Crippen LogP contribution is 2.39. The van der Waals surface area contributed by atoms with E-state index in [-0.39, 0.29) is 23.3 Å². The zero-order valence-electron chi connectivity index (χ0n) is 15.7. The van der Waals surface area contributed by atoms with Crippen LogP contribution in [0.25, 0.3) is 0 Å². The van der Waals surface area contributed by atoms with E-state index >= 15 is 0 Å². The number of nitrogens with zero attached hydrogens (tertiary/aromatic N) is 1. The van der Waals surface area contributed by atoms with Crippen LogP contribution in [0.2, 0.25) is 0 Å². The fourth-order valence-electron chi connectivity index (χ4n) is 3.87. The van der Waals surface area contributed by atoms with Crippen molar-refractivity contribution in [1.29, 1.82) is 0 Å². The molecule has 1 aromatic carbocycles. The number of carbonyl (C=O) groups is 2. The number of nitrogens with two attached hydrogens (primary N) is 1. The summed E-state index contributed by atoms with van der Waals surface area (Å²) in [6.45, 7) is 3.90. The molecular weight excluding hydrogens is 326 g/mol. The smallest absolute Gasteiger partial charge is 0.223 e. The molecule has 1 heterocycles. The molecule has 1 aliphatic heterocycles. The van der Waals surface area contributed by atoms with Crippen LogP contribution in [0, 0.1) is 11.8 Å². The predicted octanol–water partition coefficient (Wildman–Crippen LogP) is 2.10. The van der Waals surface area contributed by atoms with E-state index < -0.39 is 0 Å². The Bertz CT molecular complexity index is 621. The topological polar surface area (TPSA) is 75.4 Å². The Morgan fingerprint density at radius 2 is 1.81 bits per heavy atom. The SMILES string of the molecule is CC(CN)(NC(=O)C1CCN(C(=O)CCc2ccccc2)CC1)C1CC1. The molecule has 1 saturated heterocycles. The van der Waals surface area contributed by atoms with Crippen molar-refractivity contribution in [2.24, 2.45) is 17.6 Å². The van der Waals surface area contributed by atoms with Gasteiger partial charge in [-0.15, -0.1) is 0 Å². The molecule has 3 rings (SSSR count). The largest absolute Gasteiger partial charge is 0.349 e. The molecule has 1 aromatic rings.